The fraction of sp³-hybridized carbons (Fsp3) is 0.583. The summed E-state index contributed by atoms with van der Waals surface area (Å²) in [6.07, 6.45) is 3.03. The van der Waals surface area contributed by atoms with Gasteiger partial charge in [0.2, 0.25) is 0 Å². The van der Waals surface area contributed by atoms with Crippen molar-refractivity contribution in [1.82, 2.24) is 0 Å². The molecule has 0 saturated carbocycles. The largest absolute Gasteiger partial charge is 0.0653 e. The molecule has 0 unspecified atom stereocenters. The number of hydrogen-bond donors (Lipinski definition) is 0. The van der Waals surface area contributed by atoms with Crippen molar-refractivity contribution >= 4 is 0 Å². The molecule has 0 aliphatic heterocycles. The van der Waals surface area contributed by atoms with Crippen molar-refractivity contribution in [3.8, 4) is 0 Å². The first kappa shape index (κ1) is 11.1. The van der Waals surface area contributed by atoms with Gasteiger partial charge in [0.05, 0.1) is 0 Å². The Labute approximate surface area is 76.0 Å². The van der Waals surface area contributed by atoms with Gasteiger partial charge in [-0.2, -0.15) is 0 Å². The predicted octanol–water partition coefficient (Wildman–Crippen LogP) is 3.85. The first-order chi connectivity index (χ1) is 5.45. The molecule has 0 spiro atoms. The summed E-state index contributed by atoms with van der Waals surface area (Å²) < 4.78 is 0. The van der Waals surface area contributed by atoms with E-state index >= 15 is 0 Å². The highest BCUT2D eigenvalue weighted by Crippen LogP contribution is 2.12. The molecule has 0 aromatic carbocycles. The van der Waals surface area contributed by atoms with Gasteiger partial charge in [-0.15, -0.1) is 0 Å². The zero-order valence-electron chi connectivity index (χ0n) is 8.78. The fourth-order valence-electron chi connectivity index (χ4n) is 0.484. The van der Waals surface area contributed by atoms with Crippen LogP contribution in [0.15, 0.2) is 28.8 Å². The van der Waals surface area contributed by atoms with E-state index in [2.05, 4.69) is 44.9 Å². The van der Waals surface area contributed by atoms with E-state index in [4.69, 9.17) is 0 Å². The lowest BCUT2D eigenvalue weighted by molar-refractivity contribution is 0.545. The second-order valence-corrected chi connectivity index (χ2v) is 4.04. The second-order valence-electron chi connectivity index (χ2n) is 4.04. The molecule has 0 aromatic heterocycles. The molecule has 0 rings (SSSR count). The standard InChI is InChI=1S/C12H18/c1-6-11(2)9-7-8-10-12(3,4)5/h10H,6H2,1-5H3. The van der Waals surface area contributed by atoms with Gasteiger partial charge in [-0.05, 0) is 36.1 Å². The number of allylic oxidation sites excluding steroid dienone is 2. The van der Waals surface area contributed by atoms with Gasteiger partial charge in [-0.25, -0.2) is 0 Å². The van der Waals surface area contributed by atoms with Crippen LogP contribution in [0.25, 0.3) is 0 Å². The van der Waals surface area contributed by atoms with Crippen LogP contribution in [0, 0.1) is 5.41 Å². The summed E-state index contributed by atoms with van der Waals surface area (Å²) in [4.78, 5) is 0. The van der Waals surface area contributed by atoms with E-state index in [0.717, 1.165) is 6.42 Å². The third kappa shape index (κ3) is 7.19. The van der Waals surface area contributed by atoms with Gasteiger partial charge >= 0.3 is 0 Å². The van der Waals surface area contributed by atoms with Crippen LogP contribution in [0.4, 0.5) is 0 Å². The van der Waals surface area contributed by atoms with Crippen LogP contribution in [-0.2, 0) is 0 Å². The minimum absolute atomic E-state index is 0.189. The van der Waals surface area contributed by atoms with Crippen LogP contribution < -0.4 is 0 Å². The Bertz CT molecular complexity index is 255. The van der Waals surface area contributed by atoms with E-state index in [-0.39, 0.29) is 5.41 Å². The molecule has 0 bridgehead atoms. The van der Waals surface area contributed by atoms with Gasteiger partial charge in [0, 0.05) is 0 Å². The number of hydrogen-bond acceptors (Lipinski definition) is 0. The van der Waals surface area contributed by atoms with Gasteiger partial charge in [0.25, 0.3) is 0 Å². The molecule has 0 aliphatic carbocycles. The molecule has 12 heavy (non-hydrogen) atoms. The Hall–Kier alpha value is -0.920. The van der Waals surface area contributed by atoms with Gasteiger partial charge < -0.3 is 0 Å². The van der Waals surface area contributed by atoms with E-state index in [1.165, 1.54) is 5.57 Å². The maximum atomic E-state index is 3.03. The van der Waals surface area contributed by atoms with Crippen molar-refractivity contribution in [2.75, 3.05) is 0 Å². The molecular formula is C12H18. The minimum Gasteiger partial charge on any atom is -0.0653 e. The molecule has 0 heteroatoms. The number of rotatable bonds is 1. The molecule has 66 valence electrons. The molecule has 0 aliphatic rings. The van der Waals surface area contributed by atoms with Crippen LogP contribution >= 0.6 is 0 Å². The van der Waals surface area contributed by atoms with Gasteiger partial charge in [-0.1, -0.05) is 39.2 Å². The molecule has 0 heterocycles. The fourth-order valence-corrected chi connectivity index (χ4v) is 0.484. The Morgan fingerprint density at radius 1 is 1.33 bits per heavy atom. The third-order valence-electron chi connectivity index (χ3n) is 1.38. The molecule has 0 N–H and O–H groups in total. The first-order valence-electron chi connectivity index (χ1n) is 4.39. The Balaban J connectivity index is 4.65. The highest BCUT2D eigenvalue weighted by atomic mass is 14.1. The van der Waals surface area contributed by atoms with Gasteiger partial charge in [-0.3, -0.25) is 0 Å². The maximum absolute atomic E-state index is 3.03. The van der Waals surface area contributed by atoms with Crippen molar-refractivity contribution in [1.29, 1.82) is 0 Å². The van der Waals surface area contributed by atoms with Crippen LogP contribution in [-0.4, -0.2) is 0 Å². The van der Waals surface area contributed by atoms with Crippen LogP contribution in [0.5, 0.6) is 0 Å². The zero-order chi connectivity index (χ0) is 9.61. The van der Waals surface area contributed by atoms with Gasteiger partial charge in [0.15, 0.2) is 0 Å². The summed E-state index contributed by atoms with van der Waals surface area (Å²) in [5.74, 6) is 0. The molecule has 0 fully saturated rings. The van der Waals surface area contributed by atoms with Gasteiger partial charge in [0.1, 0.15) is 0 Å². The molecular weight excluding hydrogens is 144 g/mol. The van der Waals surface area contributed by atoms with Crippen molar-refractivity contribution in [3.05, 3.63) is 28.8 Å². The topological polar surface area (TPSA) is 0 Å². The van der Waals surface area contributed by atoms with E-state index in [1.807, 2.05) is 13.0 Å². The van der Waals surface area contributed by atoms with Crippen LogP contribution in [0.3, 0.4) is 0 Å². The monoisotopic (exact) mass is 162 g/mol. The molecule has 0 nitrogen and oxygen atoms in total. The lowest BCUT2D eigenvalue weighted by atomic mass is 9.97. The molecule has 0 saturated heterocycles. The Kier molecular flexibility index (Phi) is 4.49. The smallest absolute Gasteiger partial charge is 0.0121 e. The summed E-state index contributed by atoms with van der Waals surface area (Å²) in [6.45, 7) is 10.6. The summed E-state index contributed by atoms with van der Waals surface area (Å²) >= 11 is 0. The molecule has 0 aromatic rings. The van der Waals surface area contributed by atoms with E-state index in [9.17, 15) is 0 Å². The van der Waals surface area contributed by atoms with Crippen molar-refractivity contribution < 1.29 is 0 Å². The minimum atomic E-state index is 0.189. The zero-order valence-corrected chi connectivity index (χ0v) is 8.78. The van der Waals surface area contributed by atoms with Crippen LogP contribution in [0.1, 0.15) is 41.0 Å². The predicted molar refractivity (Wildman–Crippen MR) is 54.0 cm³/mol. The summed E-state index contributed by atoms with van der Waals surface area (Å²) in [5.41, 5.74) is 10.3. The first-order valence-corrected chi connectivity index (χ1v) is 4.39. The SMILES string of the molecule is CCC(C)=C=C=C=CC(C)(C)C. The van der Waals surface area contributed by atoms with Crippen molar-refractivity contribution in [2.24, 2.45) is 5.41 Å². The van der Waals surface area contributed by atoms with E-state index in [1.54, 1.807) is 0 Å². The highest BCUT2D eigenvalue weighted by Gasteiger charge is 2.01. The molecule has 0 amide bonds. The van der Waals surface area contributed by atoms with Crippen LogP contribution in [0.2, 0.25) is 0 Å². The molecule has 0 radical (unpaired) electrons. The quantitative estimate of drug-likeness (QED) is 0.514. The normalized spacial score (nSPS) is 9.42. The Morgan fingerprint density at radius 3 is 2.33 bits per heavy atom. The van der Waals surface area contributed by atoms with Crippen molar-refractivity contribution in [2.45, 2.75) is 41.0 Å². The van der Waals surface area contributed by atoms with E-state index in [0.29, 0.717) is 0 Å². The maximum Gasteiger partial charge on any atom is -0.0121 e. The van der Waals surface area contributed by atoms with Crippen molar-refractivity contribution in [3.63, 3.8) is 0 Å². The lowest BCUT2D eigenvalue weighted by Crippen LogP contribution is -1.96. The summed E-state index contributed by atoms with van der Waals surface area (Å²) in [6, 6.07) is 0. The highest BCUT2D eigenvalue weighted by molar-refractivity contribution is 4.99. The summed E-state index contributed by atoms with van der Waals surface area (Å²) in [7, 11) is 0. The molecule has 0 atom stereocenters. The summed E-state index contributed by atoms with van der Waals surface area (Å²) in [5, 5.41) is 0. The second kappa shape index (κ2) is 4.86. The average Bonchev–Trinajstić information content (AvgIpc) is 1.96. The Morgan fingerprint density at radius 2 is 1.92 bits per heavy atom. The lowest BCUT2D eigenvalue weighted by Gasteiger charge is -2.07. The third-order valence-corrected chi connectivity index (χ3v) is 1.38. The average molecular weight is 162 g/mol. The van der Waals surface area contributed by atoms with E-state index < -0.39 is 0 Å².